The molecule has 5 nitrogen and oxygen atoms in total. The molecule has 1 aromatic heterocycles. The summed E-state index contributed by atoms with van der Waals surface area (Å²) in [4.78, 5) is 26.6. The highest BCUT2D eigenvalue weighted by Crippen LogP contribution is 2.19. The first-order valence-electron chi connectivity index (χ1n) is 6.42. The zero-order valence-electron chi connectivity index (χ0n) is 11.1. The largest absolute Gasteiger partial charge is 0.366 e. The second kappa shape index (κ2) is 5.13. The molecule has 0 aliphatic rings. The molecule has 104 valence electrons. The number of nitrogens with two attached hydrogens (primary N) is 1. The fraction of sp³-hybridized carbons (Fsp3) is 0. The van der Waals surface area contributed by atoms with Crippen LogP contribution in [-0.4, -0.2) is 16.8 Å². The van der Waals surface area contributed by atoms with Gasteiger partial charge in [-0.15, -0.1) is 0 Å². The van der Waals surface area contributed by atoms with Gasteiger partial charge in [0.2, 0.25) is 5.91 Å². The predicted molar refractivity (Wildman–Crippen MR) is 81.2 cm³/mol. The molecular weight excluding hydrogens is 266 g/mol. The lowest BCUT2D eigenvalue weighted by atomic mass is 10.1. The van der Waals surface area contributed by atoms with Gasteiger partial charge in [-0.05, 0) is 30.3 Å². The van der Waals surface area contributed by atoms with Gasteiger partial charge in [0.05, 0.1) is 11.1 Å². The molecule has 0 bridgehead atoms. The predicted octanol–water partition coefficient (Wildman–Crippen LogP) is 2.52. The second-order valence-corrected chi connectivity index (χ2v) is 4.65. The van der Waals surface area contributed by atoms with E-state index in [1.165, 1.54) is 0 Å². The number of rotatable bonds is 3. The lowest BCUT2D eigenvalue weighted by molar-refractivity contribution is 0.0996. The molecule has 0 atom stereocenters. The first kappa shape index (κ1) is 12.9. The summed E-state index contributed by atoms with van der Waals surface area (Å²) in [5.74, 6) is -0.776. The number of aromatic nitrogens is 1. The fourth-order valence-electron chi connectivity index (χ4n) is 2.22. The quantitative estimate of drug-likeness (QED) is 0.687. The number of hydrogen-bond acceptors (Lipinski definition) is 2. The number of primary amides is 1. The van der Waals surface area contributed by atoms with Crippen LogP contribution < -0.4 is 11.1 Å². The van der Waals surface area contributed by atoms with E-state index in [-0.39, 0.29) is 5.91 Å². The molecule has 3 aromatic rings. The van der Waals surface area contributed by atoms with Crippen molar-refractivity contribution >= 4 is 28.4 Å². The maximum absolute atomic E-state index is 12.4. The zero-order chi connectivity index (χ0) is 14.8. The average molecular weight is 279 g/mol. The van der Waals surface area contributed by atoms with Crippen molar-refractivity contribution in [1.29, 1.82) is 0 Å². The molecule has 21 heavy (non-hydrogen) atoms. The number of carbonyl (C=O) groups is 2. The smallest absolute Gasteiger partial charge is 0.257 e. The Kier molecular flexibility index (Phi) is 3.16. The Morgan fingerprint density at radius 3 is 2.67 bits per heavy atom. The Labute approximate surface area is 120 Å². The van der Waals surface area contributed by atoms with E-state index in [9.17, 15) is 9.59 Å². The van der Waals surface area contributed by atoms with Crippen molar-refractivity contribution in [2.75, 3.05) is 5.32 Å². The molecule has 0 aliphatic heterocycles. The van der Waals surface area contributed by atoms with E-state index < -0.39 is 5.91 Å². The standard InChI is InChI=1S/C16H13N3O2/c17-15(20)11-4-1-5-12(9-11)19-16(21)13-6-2-3-10-7-8-18-14(10)13/h1-9,18H,(H2,17,20)(H,19,21). The number of nitrogens with one attached hydrogen (secondary N) is 2. The Hall–Kier alpha value is -3.08. The maximum Gasteiger partial charge on any atom is 0.257 e. The normalized spacial score (nSPS) is 10.5. The minimum Gasteiger partial charge on any atom is -0.366 e. The van der Waals surface area contributed by atoms with Crippen LogP contribution in [0.4, 0.5) is 5.69 Å². The van der Waals surface area contributed by atoms with Crippen LogP contribution in [0.1, 0.15) is 20.7 Å². The number of amides is 2. The highest BCUT2D eigenvalue weighted by Gasteiger charge is 2.11. The van der Waals surface area contributed by atoms with Crippen molar-refractivity contribution in [2.24, 2.45) is 5.73 Å². The summed E-state index contributed by atoms with van der Waals surface area (Å²) >= 11 is 0. The van der Waals surface area contributed by atoms with Crippen LogP contribution in [0.25, 0.3) is 10.9 Å². The number of para-hydroxylation sites is 1. The van der Waals surface area contributed by atoms with E-state index in [1.54, 1.807) is 36.5 Å². The van der Waals surface area contributed by atoms with E-state index >= 15 is 0 Å². The molecule has 0 aliphatic carbocycles. The van der Waals surface area contributed by atoms with Gasteiger partial charge in [-0.1, -0.05) is 18.2 Å². The number of anilines is 1. The van der Waals surface area contributed by atoms with Crippen LogP contribution in [0, 0.1) is 0 Å². The zero-order valence-corrected chi connectivity index (χ0v) is 11.1. The van der Waals surface area contributed by atoms with Gasteiger partial charge in [0, 0.05) is 22.8 Å². The van der Waals surface area contributed by atoms with Crippen LogP contribution in [0.2, 0.25) is 0 Å². The summed E-state index contributed by atoms with van der Waals surface area (Å²) in [5.41, 5.74) is 7.43. The Bertz CT molecular complexity index is 836. The van der Waals surface area contributed by atoms with Crippen LogP contribution in [0.3, 0.4) is 0 Å². The summed E-state index contributed by atoms with van der Waals surface area (Å²) in [6.45, 7) is 0. The second-order valence-electron chi connectivity index (χ2n) is 4.65. The summed E-state index contributed by atoms with van der Waals surface area (Å²) < 4.78 is 0. The number of benzene rings is 2. The average Bonchev–Trinajstić information content (AvgIpc) is 2.95. The third-order valence-corrected chi connectivity index (χ3v) is 3.24. The highest BCUT2D eigenvalue weighted by molar-refractivity contribution is 6.12. The number of fused-ring (bicyclic) bond motifs is 1. The van der Waals surface area contributed by atoms with Gasteiger partial charge in [0.15, 0.2) is 0 Å². The van der Waals surface area contributed by atoms with E-state index in [1.807, 2.05) is 18.2 Å². The first-order chi connectivity index (χ1) is 10.1. The SMILES string of the molecule is NC(=O)c1cccc(NC(=O)c2cccc3cc[nH]c23)c1. The molecule has 2 aromatic carbocycles. The van der Waals surface area contributed by atoms with E-state index in [0.29, 0.717) is 16.8 Å². The van der Waals surface area contributed by atoms with Crippen LogP contribution >= 0.6 is 0 Å². The van der Waals surface area contributed by atoms with Crippen LogP contribution in [0.15, 0.2) is 54.7 Å². The molecule has 0 saturated heterocycles. The maximum atomic E-state index is 12.4. The van der Waals surface area contributed by atoms with Gasteiger partial charge >= 0.3 is 0 Å². The number of aromatic amines is 1. The summed E-state index contributed by atoms with van der Waals surface area (Å²) in [5, 5.41) is 3.73. The number of H-pyrrole nitrogens is 1. The number of carbonyl (C=O) groups excluding carboxylic acids is 2. The van der Waals surface area contributed by atoms with Crippen molar-refractivity contribution in [2.45, 2.75) is 0 Å². The first-order valence-corrected chi connectivity index (χ1v) is 6.42. The van der Waals surface area contributed by atoms with Crippen LogP contribution in [0.5, 0.6) is 0 Å². The molecule has 1 heterocycles. The molecule has 2 amide bonds. The monoisotopic (exact) mass is 279 g/mol. The van der Waals surface area contributed by atoms with E-state index in [4.69, 9.17) is 5.73 Å². The Balaban J connectivity index is 1.91. The van der Waals surface area contributed by atoms with Crippen molar-refractivity contribution in [1.82, 2.24) is 4.98 Å². The molecule has 0 fully saturated rings. The topological polar surface area (TPSA) is 88.0 Å². The molecule has 5 heteroatoms. The van der Waals surface area contributed by atoms with Gasteiger partial charge in [-0.2, -0.15) is 0 Å². The molecule has 3 rings (SSSR count). The van der Waals surface area contributed by atoms with Gasteiger partial charge in [0.1, 0.15) is 0 Å². The molecule has 0 radical (unpaired) electrons. The van der Waals surface area contributed by atoms with Gasteiger partial charge in [-0.3, -0.25) is 9.59 Å². The summed E-state index contributed by atoms with van der Waals surface area (Å²) in [6.07, 6.45) is 1.79. The van der Waals surface area contributed by atoms with Gasteiger partial charge in [-0.25, -0.2) is 0 Å². The molecule has 4 N–H and O–H groups in total. The van der Waals surface area contributed by atoms with Crippen LogP contribution in [-0.2, 0) is 0 Å². The van der Waals surface area contributed by atoms with Crippen molar-refractivity contribution in [3.8, 4) is 0 Å². The Morgan fingerprint density at radius 2 is 1.86 bits per heavy atom. The lowest BCUT2D eigenvalue weighted by Crippen LogP contribution is -2.14. The molecular formula is C16H13N3O2. The molecule has 0 saturated carbocycles. The van der Waals surface area contributed by atoms with Gasteiger partial charge in [0.25, 0.3) is 5.91 Å². The van der Waals surface area contributed by atoms with E-state index in [2.05, 4.69) is 10.3 Å². The fourth-order valence-corrected chi connectivity index (χ4v) is 2.22. The summed E-state index contributed by atoms with van der Waals surface area (Å²) in [7, 11) is 0. The minimum atomic E-state index is -0.530. The third-order valence-electron chi connectivity index (χ3n) is 3.24. The molecule has 0 spiro atoms. The van der Waals surface area contributed by atoms with Gasteiger partial charge < -0.3 is 16.0 Å². The number of hydrogen-bond donors (Lipinski definition) is 3. The lowest BCUT2D eigenvalue weighted by Gasteiger charge is -2.07. The van der Waals surface area contributed by atoms with Crippen molar-refractivity contribution in [3.05, 3.63) is 65.9 Å². The molecule has 0 unspecified atom stereocenters. The van der Waals surface area contributed by atoms with Crippen molar-refractivity contribution < 1.29 is 9.59 Å². The third kappa shape index (κ3) is 2.49. The highest BCUT2D eigenvalue weighted by atomic mass is 16.2. The summed E-state index contributed by atoms with van der Waals surface area (Å²) in [6, 6.07) is 13.9. The minimum absolute atomic E-state index is 0.246. The van der Waals surface area contributed by atoms with Crippen molar-refractivity contribution in [3.63, 3.8) is 0 Å². The van der Waals surface area contributed by atoms with E-state index in [0.717, 1.165) is 10.9 Å². The Morgan fingerprint density at radius 1 is 1.05 bits per heavy atom.